The molecule has 1 aliphatic rings. The molecule has 0 unspecified atom stereocenters. The second-order valence-electron chi connectivity index (χ2n) is 18.2. The Labute approximate surface area is 447 Å². The van der Waals surface area contributed by atoms with E-state index >= 15 is 0 Å². The number of nitrogens with zero attached hydrogens (tertiary/aromatic N) is 2. The van der Waals surface area contributed by atoms with E-state index in [0.717, 1.165) is 35.4 Å². The van der Waals surface area contributed by atoms with Gasteiger partial charge in [0, 0.05) is 72.2 Å². The van der Waals surface area contributed by atoms with E-state index in [2.05, 4.69) is 0 Å². The number of non-ortho nitro benzene ring substituents is 2. The number of nitro groups is 2. The highest BCUT2D eigenvalue weighted by Gasteiger charge is 2.31. The molecule has 0 aliphatic heterocycles. The molecule has 0 amide bonds. The topological polar surface area (TPSA) is 244 Å². The lowest BCUT2D eigenvalue weighted by molar-refractivity contribution is -0.385. The van der Waals surface area contributed by atoms with Crippen LogP contribution in [-0.2, 0) is 68.6 Å². The molecule has 0 heterocycles. The summed E-state index contributed by atoms with van der Waals surface area (Å²) in [4.78, 5) is 51.4. The Kier molecular flexibility index (Phi) is 15.6. The number of hydrogen-bond donors (Lipinski definition) is 0. The van der Waals surface area contributed by atoms with Gasteiger partial charge in [-0.1, -0.05) is 132 Å². The van der Waals surface area contributed by atoms with Crippen molar-refractivity contribution in [2.75, 3.05) is 0 Å². The fourth-order valence-corrected chi connectivity index (χ4v) is 10.7. The van der Waals surface area contributed by atoms with Gasteiger partial charge in [0.05, 0.1) is 9.85 Å². The number of fused-ring (bicyclic) bond motifs is 8. The molecule has 1 aliphatic carbocycles. The van der Waals surface area contributed by atoms with Gasteiger partial charge in [0.25, 0.3) is 11.4 Å². The molecule has 0 radical (unpaired) electrons. The highest BCUT2D eigenvalue weighted by atomic mass is 32.2. The van der Waals surface area contributed by atoms with Gasteiger partial charge in [-0.15, -0.1) is 0 Å². The van der Waals surface area contributed by atoms with Crippen molar-refractivity contribution in [3.05, 3.63) is 257 Å². The van der Waals surface area contributed by atoms with E-state index in [1.165, 1.54) is 60.7 Å². The van der Waals surface area contributed by atoms with Crippen LogP contribution in [0.3, 0.4) is 0 Å². The van der Waals surface area contributed by atoms with E-state index in [4.69, 9.17) is 27.3 Å². The molecule has 0 saturated heterocycles. The van der Waals surface area contributed by atoms with Crippen molar-refractivity contribution in [3.63, 3.8) is 0 Å². The first-order chi connectivity index (χ1) is 37.4. The molecular weight excluding hydrogens is 1040 g/mol. The molecule has 0 aromatic heterocycles. The normalized spacial score (nSPS) is 12.1. The van der Waals surface area contributed by atoms with Gasteiger partial charge in [0.2, 0.25) is 0 Å². The summed E-state index contributed by atoms with van der Waals surface area (Å²) in [5.41, 5.74) is 1.60. The van der Waals surface area contributed by atoms with Crippen LogP contribution in [0.4, 0.5) is 21.0 Å². The Morgan fingerprint density at radius 3 is 1.05 bits per heavy atom. The highest BCUT2D eigenvalue weighted by Crippen LogP contribution is 2.43. The van der Waals surface area contributed by atoms with Gasteiger partial charge in [-0.05, 0) is 71.5 Å². The Morgan fingerprint density at radius 2 is 0.731 bits per heavy atom. The minimum absolute atomic E-state index is 0.107. The molecule has 0 atom stereocenters. The van der Waals surface area contributed by atoms with Crippen molar-refractivity contribution in [2.24, 2.45) is 0 Å². The maximum atomic E-state index is 14.4. The van der Waals surface area contributed by atoms with Crippen molar-refractivity contribution in [2.45, 2.75) is 62.5 Å². The van der Waals surface area contributed by atoms with Gasteiger partial charge in [0.15, 0.2) is 11.5 Å². The average molecular weight is 1090 g/mol. The van der Waals surface area contributed by atoms with Crippen LogP contribution in [0.15, 0.2) is 180 Å². The van der Waals surface area contributed by atoms with Crippen molar-refractivity contribution in [1.29, 1.82) is 0 Å². The molecule has 8 aromatic carbocycles. The third kappa shape index (κ3) is 12.6. The lowest BCUT2D eigenvalue weighted by atomic mass is 9.91. The van der Waals surface area contributed by atoms with Crippen molar-refractivity contribution in [3.8, 4) is 23.0 Å². The van der Waals surface area contributed by atoms with Gasteiger partial charge in [0.1, 0.15) is 34.5 Å². The number of nitro benzene ring substituents is 2. The molecule has 8 bridgehead atoms. The summed E-state index contributed by atoms with van der Waals surface area (Å²) in [6.07, 6.45) is -4.07. The molecule has 78 heavy (non-hydrogen) atoms. The van der Waals surface area contributed by atoms with E-state index in [9.17, 15) is 46.7 Å². The van der Waals surface area contributed by atoms with Gasteiger partial charge >= 0.3 is 32.5 Å². The zero-order chi connectivity index (χ0) is 55.1. The van der Waals surface area contributed by atoms with Crippen LogP contribution in [0, 0.1) is 34.1 Å². The summed E-state index contributed by atoms with van der Waals surface area (Å²) in [6, 6.07) is 42.5. The smallest absolute Gasteiger partial charge is 0.429 e. The first-order valence-electron chi connectivity index (χ1n) is 24.0. The van der Waals surface area contributed by atoms with Crippen LogP contribution in [0.25, 0.3) is 0 Å². The Balaban J connectivity index is 1.29. The van der Waals surface area contributed by atoms with E-state index in [0.29, 0.717) is 11.1 Å². The minimum atomic E-state index is -4.81. The Morgan fingerprint density at radius 1 is 0.423 bits per heavy atom. The molecule has 0 spiro atoms. The predicted octanol–water partition coefficient (Wildman–Crippen LogP) is 11.8. The summed E-state index contributed by atoms with van der Waals surface area (Å²) in [5, 5.41) is 25.8. The van der Waals surface area contributed by atoms with Crippen molar-refractivity contribution in [1.82, 2.24) is 0 Å². The number of carbonyl (C=O) groups excluding carboxylic acids is 2. The number of para-hydroxylation sites is 2. The van der Waals surface area contributed by atoms with Crippen LogP contribution in [0.2, 0.25) is 0 Å². The van der Waals surface area contributed by atoms with Gasteiger partial charge in [-0.3, -0.25) is 20.2 Å². The number of aryl methyl sites for hydroxylation is 2. The number of ether oxygens (including phenoxy) is 4. The molecule has 0 N–H and O–H groups in total. The monoisotopic (exact) mass is 1090 g/mol. The van der Waals surface area contributed by atoms with E-state index < -0.39 is 84.5 Å². The molecule has 9 rings (SSSR count). The van der Waals surface area contributed by atoms with Crippen LogP contribution in [0.5, 0.6) is 23.0 Å². The zero-order valence-corrected chi connectivity index (χ0v) is 43.3. The van der Waals surface area contributed by atoms with Gasteiger partial charge in [-0.25, -0.2) is 9.59 Å². The van der Waals surface area contributed by atoms with E-state index in [-0.39, 0.29) is 85.4 Å². The molecule has 0 saturated carbocycles. The minimum Gasteiger partial charge on any atom is -0.429 e. The van der Waals surface area contributed by atoms with Crippen LogP contribution >= 0.6 is 0 Å². The first-order valence-corrected chi connectivity index (χ1v) is 26.8. The second kappa shape index (κ2) is 22.8. The summed E-state index contributed by atoms with van der Waals surface area (Å²) in [7, 11) is -9.61. The summed E-state index contributed by atoms with van der Waals surface area (Å²) in [5.74, 6) is -1.15. The predicted molar refractivity (Wildman–Crippen MR) is 283 cm³/mol. The Hall–Kier alpha value is -9.40. The van der Waals surface area contributed by atoms with Crippen molar-refractivity contribution >= 4 is 43.9 Å². The second-order valence-corrected chi connectivity index (χ2v) is 21.3. The van der Waals surface area contributed by atoms with Crippen molar-refractivity contribution < 1.29 is 63.6 Å². The lowest BCUT2D eigenvalue weighted by Crippen LogP contribution is -2.17. The number of hydrogen-bond acceptors (Lipinski definition) is 16. The third-order valence-corrected chi connectivity index (χ3v) is 15.0. The van der Waals surface area contributed by atoms with E-state index in [1.807, 2.05) is 0 Å². The lowest BCUT2D eigenvalue weighted by Gasteiger charge is -2.22. The number of benzene rings is 8. The summed E-state index contributed by atoms with van der Waals surface area (Å²) < 4.78 is 92.9. The van der Waals surface area contributed by atoms with E-state index in [1.54, 1.807) is 98.8 Å². The zero-order valence-electron chi connectivity index (χ0n) is 41.7. The maximum Gasteiger partial charge on any atom is 0.514 e. The molecule has 0 fully saturated rings. The van der Waals surface area contributed by atoms with Crippen LogP contribution in [-0.4, -0.2) is 39.0 Å². The summed E-state index contributed by atoms with van der Waals surface area (Å²) >= 11 is 0. The largest absolute Gasteiger partial charge is 0.514 e. The molecule has 8 aromatic rings. The number of carbonyl (C=O) groups is 2. The molecular formula is C58H46N2O16S2. The standard InChI is InChI=1S/C58H46N2O16S2/c1-37-19-23-51(24-20-37)77(67,68)75-55-45-28-43-17-9-15-41(53(43)73-57(61)71-35-39-11-5-3-6-12-39)27-42-16-10-18-44(54(42)74-58(62)72-36-40-13-7-4-8-14-40)29-46-32-50(60(65)66)34-48(30-47(55)33-49(31-45)59(63)64)56(46)76-78(69,70)52-25-21-38(2)22-26-52/h3-26,31-34H,27-30,35-36H2,1-2H3. The average Bonchev–Trinajstić information content (AvgIpc) is 3.46. The highest BCUT2D eigenvalue weighted by molar-refractivity contribution is 7.87. The van der Waals surface area contributed by atoms with Crippen LogP contribution in [0.1, 0.15) is 66.8 Å². The summed E-state index contributed by atoms with van der Waals surface area (Å²) in [6.45, 7) is 3.10. The SMILES string of the molecule is Cc1ccc(S(=O)(=O)Oc2c3cc([N+](=O)[O-])cc2Cc2cc([N+](=O)[O-])cc(c2OS(=O)(=O)c2ccc(C)cc2)Cc2cccc(c2OC(=O)OCc2ccccc2)Cc2cccc(c2OC(=O)OCc2ccccc2)C3)cc1. The fourth-order valence-electron chi connectivity index (χ4n) is 8.72. The molecule has 20 heteroatoms. The molecule has 18 nitrogen and oxygen atoms in total. The molecule has 396 valence electrons. The quantitative estimate of drug-likeness (QED) is 0.0323. The fraction of sp³-hybridized carbons (Fsp3) is 0.138. The van der Waals surface area contributed by atoms with Gasteiger partial charge in [-0.2, -0.15) is 16.8 Å². The first kappa shape index (κ1) is 53.4. The number of rotatable bonds is 14. The third-order valence-electron chi connectivity index (χ3n) is 12.5. The van der Waals surface area contributed by atoms with Crippen LogP contribution < -0.4 is 17.8 Å². The van der Waals surface area contributed by atoms with Gasteiger partial charge < -0.3 is 27.3 Å². The Bertz CT molecular complexity index is 3590. The maximum absolute atomic E-state index is 14.4.